The largest absolute Gasteiger partial charge is 0.495 e. The lowest BCUT2D eigenvalue weighted by atomic mass is 10.0. The van der Waals surface area contributed by atoms with Gasteiger partial charge in [0.1, 0.15) is 17.0 Å². The smallest absolute Gasteiger partial charge is 0.227 e. The predicted octanol–water partition coefficient (Wildman–Crippen LogP) is 7.20. The molecule has 11 heteroatoms. The van der Waals surface area contributed by atoms with Crippen LogP contribution in [-0.2, 0) is 16.0 Å². The quantitative estimate of drug-likeness (QED) is 0.168. The van der Waals surface area contributed by atoms with Gasteiger partial charge in [-0.2, -0.15) is 0 Å². The summed E-state index contributed by atoms with van der Waals surface area (Å²) in [4.78, 5) is 26.6. The second-order valence-corrected chi connectivity index (χ2v) is 11.0. The Morgan fingerprint density at radius 3 is 2.51 bits per heavy atom. The van der Waals surface area contributed by atoms with E-state index in [-0.39, 0.29) is 12.2 Å². The molecular weight excluding hydrogens is 589 g/mol. The van der Waals surface area contributed by atoms with Crippen LogP contribution in [0.4, 0.5) is 17.5 Å². The average molecular weight is 623 g/mol. The molecule has 2 aromatic heterocycles. The summed E-state index contributed by atoms with van der Waals surface area (Å²) in [6, 6.07) is 9.27. The second kappa shape index (κ2) is 13.6. The maximum absolute atomic E-state index is 12.2. The van der Waals surface area contributed by atoms with E-state index in [1.165, 1.54) is 20.3 Å². The first-order valence-electron chi connectivity index (χ1n) is 13.9. The Morgan fingerprint density at radius 2 is 1.84 bits per heavy atom. The number of ether oxygens (including phenoxy) is 3. The normalized spacial score (nSPS) is 13.5. The monoisotopic (exact) mass is 621 g/mol. The first-order valence-corrected chi connectivity index (χ1v) is 14.7. The minimum Gasteiger partial charge on any atom is -0.495 e. The third kappa shape index (κ3) is 6.69. The third-order valence-corrected chi connectivity index (χ3v) is 8.23. The molecule has 5 rings (SSSR count). The number of nitrogens with one attached hydrogen (secondary N) is 2. The molecule has 0 amide bonds. The van der Waals surface area contributed by atoms with Crippen LogP contribution in [0.25, 0.3) is 22.2 Å². The van der Waals surface area contributed by atoms with Gasteiger partial charge in [0.2, 0.25) is 5.95 Å². The summed E-state index contributed by atoms with van der Waals surface area (Å²) in [5, 5.41) is 8.21. The molecule has 1 aliphatic heterocycles. The molecule has 0 atom stereocenters. The van der Waals surface area contributed by atoms with Crippen LogP contribution in [0.2, 0.25) is 10.0 Å². The number of hydrogen-bond donors (Lipinski definition) is 2. The minimum absolute atomic E-state index is 0.0732. The molecule has 2 N–H and O–H groups in total. The van der Waals surface area contributed by atoms with E-state index in [1.807, 2.05) is 31.2 Å². The number of carbonyl (C=O) groups is 1. The van der Waals surface area contributed by atoms with Gasteiger partial charge in [-0.1, -0.05) is 48.0 Å². The molecule has 1 fully saturated rings. The number of carbonyl (C=O) groups excluding carboxylic acids is 1. The number of methoxy groups -OCH3 is 2. The van der Waals surface area contributed by atoms with E-state index >= 15 is 0 Å². The zero-order valence-corrected chi connectivity index (χ0v) is 25.8. The van der Waals surface area contributed by atoms with E-state index in [2.05, 4.69) is 22.2 Å². The Morgan fingerprint density at radius 1 is 1.12 bits per heavy atom. The van der Waals surface area contributed by atoms with Crippen LogP contribution in [0.3, 0.4) is 0 Å². The van der Waals surface area contributed by atoms with Gasteiger partial charge in [-0.05, 0) is 49.0 Å². The highest BCUT2D eigenvalue weighted by molar-refractivity contribution is 6.41. The lowest BCUT2D eigenvalue weighted by molar-refractivity contribution is -0.114. The molecule has 224 valence electrons. The van der Waals surface area contributed by atoms with Gasteiger partial charge < -0.3 is 24.8 Å². The van der Waals surface area contributed by atoms with Crippen molar-refractivity contribution in [3.8, 4) is 22.8 Å². The molecule has 0 saturated carbocycles. The highest BCUT2D eigenvalue weighted by Gasteiger charge is 2.23. The number of benzene rings is 2. The van der Waals surface area contributed by atoms with Crippen LogP contribution >= 0.6 is 23.2 Å². The number of halogens is 2. The molecule has 9 nitrogen and oxygen atoms in total. The van der Waals surface area contributed by atoms with Gasteiger partial charge in [-0.3, -0.25) is 4.79 Å². The molecule has 3 heterocycles. The molecule has 0 spiro atoms. The summed E-state index contributed by atoms with van der Waals surface area (Å²) in [5.74, 6) is 2.11. The predicted molar refractivity (Wildman–Crippen MR) is 171 cm³/mol. The first-order chi connectivity index (χ1) is 20.8. The number of ketones is 1. The van der Waals surface area contributed by atoms with Crippen molar-refractivity contribution in [2.24, 2.45) is 5.92 Å². The van der Waals surface area contributed by atoms with Crippen molar-refractivity contribution in [2.75, 3.05) is 44.6 Å². The van der Waals surface area contributed by atoms with Crippen molar-refractivity contribution in [3.05, 3.63) is 70.4 Å². The van der Waals surface area contributed by atoms with Crippen molar-refractivity contribution in [1.29, 1.82) is 0 Å². The van der Waals surface area contributed by atoms with Gasteiger partial charge in [0.25, 0.3) is 0 Å². The Hall–Kier alpha value is -3.92. The van der Waals surface area contributed by atoms with Crippen molar-refractivity contribution in [2.45, 2.75) is 26.2 Å². The molecule has 0 bridgehead atoms. The summed E-state index contributed by atoms with van der Waals surface area (Å²) in [5.41, 5.74) is 4.18. The number of aryl methyl sites for hydroxylation is 1. The van der Waals surface area contributed by atoms with E-state index in [1.54, 1.807) is 12.3 Å². The van der Waals surface area contributed by atoms with Gasteiger partial charge in [0.15, 0.2) is 11.6 Å². The zero-order valence-electron chi connectivity index (χ0n) is 24.3. The molecule has 1 aliphatic rings. The fraction of sp³-hybridized carbons (Fsp3) is 0.312. The van der Waals surface area contributed by atoms with E-state index < -0.39 is 0 Å². The zero-order chi connectivity index (χ0) is 30.5. The lowest BCUT2D eigenvalue weighted by Gasteiger charge is -2.23. The summed E-state index contributed by atoms with van der Waals surface area (Å²) in [7, 11) is 3.06. The summed E-state index contributed by atoms with van der Waals surface area (Å²) >= 11 is 13.5. The molecule has 0 unspecified atom stereocenters. The summed E-state index contributed by atoms with van der Waals surface area (Å²) in [6.45, 7) is 7.73. The van der Waals surface area contributed by atoms with E-state index in [0.717, 1.165) is 48.3 Å². The van der Waals surface area contributed by atoms with Crippen molar-refractivity contribution < 1.29 is 19.0 Å². The Bertz CT molecular complexity index is 1650. The number of anilines is 3. The van der Waals surface area contributed by atoms with Gasteiger partial charge in [0.05, 0.1) is 30.0 Å². The lowest BCUT2D eigenvalue weighted by Crippen LogP contribution is -2.23. The van der Waals surface area contributed by atoms with Crippen LogP contribution in [0.1, 0.15) is 24.0 Å². The van der Waals surface area contributed by atoms with Crippen molar-refractivity contribution in [1.82, 2.24) is 15.0 Å². The minimum atomic E-state index is -0.0732. The summed E-state index contributed by atoms with van der Waals surface area (Å²) in [6.07, 6.45) is 5.18. The SMILES string of the molecule is C=CC(=O)Cc1cccc(C)c1Nc1ncc2cc(-c3c(Cl)c(OC)cc(OC)c3Cl)nc(NCC3CCOCC3)c2n1. The van der Waals surface area contributed by atoms with E-state index in [9.17, 15) is 4.79 Å². The van der Waals surface area contributed by atoms with E-state index in [0.29, 0.717) is 62.5 Å². The van der Waals surface area contributed by atoms with Crippen LogP contribution < -0.4 is 20.1 Å². The third-order valence-electron chi connectivity index (χ3n) is 7.48. The van der Waals surface area contributed by atoms with Crippen molar-refractivity contribution >= 4 is 57.3 Å². The fourth-order valence-corrected chi connectivity index (χ4v) is 5.77. The van der Waals surface area contributed by atoms with Gasteiger partial charge in [-0.25, -0.2) is 15.0 Å². The number of fused-ring (bicyclic) bond motifs is 1. The van der Waals surface area contributed by atoms with Crippen LogP contribution in [0, 0.1) is 12.8 Å². The number of pyridine rings is 1. The molecule has 0 radical (unpaired) electrons. The van der Waals surface area contributed by atoms with Crippen LogP contribution in [-0.4, -0.2) is 54.7 Å². The van der Waals surface area contributed by atoms with Gasteiger partial charge >= 0.3 is 0 Å². The number of allylic oxidation sites excluding steroid dienone is 1. The first kappa shape index (κ1) is 30.5. The Kier molecular flexibility index (Phi) is 9.65. The van der Waals surface area contributed by atoms with Crippen molar-refractivity contribution in [3.63, 3.8) is 0 Å². The van der Waals surface area contributed by atoms with Gasteiger partial charge in [0, 0.05) is 55.1 Å². The number of aromatic nitrogens is 3. The maximum Gasteiger partial charge on any atom is 0.227 e. The molecule has 0 aliphatic carbocycles. The standard InChI is InChI=1S/C32H33Cl2N5O4/c1-5-22(40)13-20-8-6-7-18(2)29(20)38-32-36-17-21-14-23(26-27(33)24(41-3)15-25(42-4)28(26)34)37-31(30(21)39-32)35-16-19-9-11-43-12-10-19/h5-8,14-15,17,19H,1,9-13,16H2,2-4H3,(H,35,37)(H,36,38,39). The summed E-state index contributed by atoms with van der Waals surface area (Å²) < 4.78 is 16.5. The highest BCUT2D eigenvalue weighted by Crippen LogP contribution is 2.46. The molecular formula is C32H33Cl2N5O4. The fourth-order valence-electron chi connectivity index (χ4n) is 5.08. The number of nitrogens with zero attached hydrogens (tertiary/aromatic N) is 3. The Labute approximate surface area is 260 Å². The Balaban J connectivity index is 1.60. The second-order valence-electron chi connectivity index (χ2n) is 10.3. The van der Waals surface area contributed by atoms with E-state index in [4.69, 9.17) is 47.4 Å². The molecule has 43 heavy (non-hydrogen) atoms. The molecule has 2 aromatic carbocycles. The molecule has 1 saturated heterocycles. The number of rotatable bonds is 11. The average Bonchev–Trinajstić information content (AvgIpc) is 3.02. The number of hydrogen-bond acceptors (Lipinski definition) is 9. The maximum atomic E-state index is 12.2. The topological polar surface area (TPSA) is 107 Å². The van der Waals surface area contributed by atoms with Gasteiger partial charge in [-0.15, -0.1) is 0 Å². The number of para-hydroxylation sites is 1. The highest BCUT2D eigenvalue weighted by atomic mass is 35.5. The molecule has 4 aromatic rings. The van der Waals surface area contributed by atoms with Crippen LogP contribution in [0.15, 0.2) is 49.2 Å². The van der Waals surface area contributed by atoms with Crippen LogP contribution in [0.5, 0.6) is 11.5 Å².